The third kappa shape index (κ3) is 2.83. The molecule has 1 aromatic heterocycles. The van der Waals surface area contributed by atoms with Crippen LogP contribution in [-0.4, -0.2) is 18.1 Å². The van der Waals surface area contributed by atoms with Gasteiger partial charge in [0.25, 0.3) is 0 Å². The predicted octanol–water partition coefficient (Wildman–Crippen LogP) is 1.28. The molecule has 0 saturated heterocycles. The predicted molar refractivity (Wildman–Crippen MR) is 59.8 cm³/mol. The molecule has 0 atom stereocenters. The Kier molecular flexibility index (Phi) is 3.90. The van der Waals surface area contributed by atoms with Crippen molar-refractivity contribution < 1.29 is 0 Å². The van der Waals surface area contributed by atoms with Crippen LogP contribution in [-0.2, 0) is 0 Å². The fourth-order valence-corrected chi connectivity index (χ4v) is 1.44. The van der Waals surface area contributed by atoms with Gasteiger partial charge in [-0.3, -0.25) is 0 Å². The summed E-state index contributed by atoms with van der Waals surface area (Å²) in [4.78, 5) is 5.58. The Morgan fingerprint density at radius 3 is 2.47 bits per heavy atom. The number of anilines is 2. The molecule has 1 heterocycles. The number of halogens is 1. The second-order valence-corrected chi connectivity index (χ2v) is 3.65. The van der Waals surface area contributed by atoms with Gasteiger partial charge in [0.2, 0.25) is 0 Å². The van der Waals surface area contributed by atoms with Crippen molar-refractivity contribution in [3.05, 3.63) is 16.7 Å². The molecule has 0 aliphatic rings. The summed E-state index contributed by atoms with van der Waals surface area (Å²) >= 11 is 3.23. The van der Waals surface area contributed by atoms with Crippen LogP contribution in [0.4, 0.5) is 11.5 Å². The van der Waals surface area contributed by atoms with E-state index in [1.165, 1.54) is 4.90 Å². The van der Waals surface area contributed by atoms with Crippen LogP contribution in [0.5, 0.6) is 0 Å². The number of hydrogen-bond donors (Lipinski definition) is 1. The lowest BCUT2D eigenvalue weighted by Gasteiger charge is -2.18. The van der Waals surface area contributed by atoms with Crippen LogP contribution in [0.1, 0.15) is 0 Å². The average molecular weight is 266 g/mol. The molecule has 0 aliphatic heterocycles. The van der Waals surface area contributed by atoms with Gasteiger partial charge in [-0.1, -0.05) is 0 Å². The minimum absolute atomic E-state index is 0.0897. The van der Waals surface area contributed by atoms with E-state index in [9.17, 15) is 0 Å². The first kappa shape index (κ1) is 11.3. The largest absolute Gasteiger partial charge is 0.396 e. The Balaban J connectivity index is 3.02. The molecule has 0 unspecified atom stereocenters. The quantitative estimate of drug-likeness (QED) is 0.832. The standard InChI is InChI=1S/C9H8BrN5/c10-7-5-8(13)9(14-6-7)15(3-1-11)4-2-12/h5-6H,3-4,13H2. The van der Waals surface area contributed by atoms with Crippen LogP contribution in [0.15, 0.2) is 16.7 Å². The molecule has 0 radical (unpaired) electrons. The minimum atomic E-state index is 0.0897. The van der Waals surface area contributed by atoms with E-state index in [-0.39, 0.29) is 13.1 Å². The number of hydrogen-bond acceptors (Lipinski definition) is 5. The number of nitriles is 2. The highest BCUT2D eigenvalue weighted by Gasteiger charge is 2.10. The second kappa shape index (κ2) is 5.18. The number of nitrogen functional groups attached to an aromatic ring is 1. The van der Waals surface area contributed by atoms with Crippen molar-refractivity contribution in [2.45, 2.75) is 0 Å². The van der Waals surface area contributed by atoms with E-state index in [2.05, 4.69) is 20.9 Å². The molecular weight excluding hydrogens is 258 g/mol. The molecule has 0 fully saturated rings. The van der Waals surface area contributed by atoms with Crippen LogP contribution in [0.25, 0.3) is 0 Å². The summed E-state index contributed by atoms with van der Waals surface area (Å²) in [7, 11) is 0. The Morgan fingerprint density at radius 2 is 2.00 bits per heavy atom. The van der Waals surface area contributed by atoms with Crippen molar-refractivity contribution in [1.82, 2.24) is 4.98 Å². The van der Waals surface area contributed by atoms with E-state index < -0.39 is 0 Å². The zero-order valence-corrected chi connectivity index (χ0v) is 9.40. The molecular formula is C9H8BrN5. The molecule has 0 aromatic carbocycles. The maximum absolute atomic E-state index is 8.59. The van der Waals surface area contributed by atoms with Crippen molar-refractivity contribution in [2.24, 2.45) is 0 Å². The van der Waals surface area contributed by atoms with Gasteiger partial charge in [0.15, 0.2) is 5.82 Å². The second-order valence-electron chi connectivity index (χ2n) is 2.74. The smallest absolute Gasteiger partial charge is 0.153 e. The molecule has 1 aromatic rings. The van der Waals surface area contributed by atoms with Gasteiger partial charge in [-0.25, -0.2) is 4.98 Å². The zero-order chi connectivity index (χ0) is 11.3. The summed E-state index contributed by atoms with van der Waals surface area (Å²) in [5.41, 5.74) is 6.17. The van der Waals surface area contributed by atoms with Crippen LogP contribution in [0, 0.1) is 22.7 Å². The van der Waals surface area contributed by atoms with E-state index >= 15 is 0 Å². The molecule has 0 spiro atoms. The number of rotatable bonds is 3. The topological polar surface area (TPSA) is 89.7 Å². The fraction of sp³-hybridized carbons (Fsp3) is 0.222. The van der Waals surface area contributed by atoms with Crippen molar-refractivity contribution in [3.8, 4) is 12.1 Å². The van der Waals surface area contributed by atoms with E-state index in [0.29, 0.717) is 11.5 Å². The third-order valence-corrected chi connectivity index (χ3v) is 2.12. The Hall–Kier alpha value is -1.79. The van der Waals surface area contributed by atoms with Gasteiger partial charge in [-0.15, -0.1) is 0 Å². The molecule has 0 aliphatic carbocycles. The summed E-state index contributed by atoms with van der Waals surface area (Å²) in [5, 5.41) is 17.2. The molecule has 0 saturated carbocycles. The van der Waals surface area contributed by atoms with Crippen molar-refractivity contribution in [1.29, 1.82) is 10.5 Å². The maximum Gasteiger partial charge on any atom is 0.153 e. The van der Waals surface area contributed by atoms with Crippen LogP contribution in [0.2, 0.25) is 0 Å². The van der Waals surface area contributed by atoms with E-state index in [1.54, 1.807) is 12.3 Å². The number of nitrogens with zero attached hydrogens (tertiary/aromatic N) is 4. The fourth-order valence-electron chi connectivity index (χ4n) is 1.09. The normalized spacial score (nSPS) is 9.00. The number of aromatic nitrogens is 1. The highest BCUT2D eigenvalue weighted by atomic mass is 79.9. The Morgan fingerprint density at radius 1 is 1.40 bits per heavy atom. The molecule has 76 valence electrons. The summed E-state index contributed by atoms with van der Waals surface area (Å²) in [6, 6.07) is 5.61. The van der Waals surface area contributed by atoms with E-state index in [4.69, 9.17) is 16.3 Å². The summed E-state index contributed by atoms with van der Waals surface area (Å²) < 4.78 is 0.762. The highest BCUT2D eigenvalue weighted by Crippen LogP contribution is 2.23. The molecule has 15 heavy (non-hydrogen) atoms. The molecule has 1 rings (SSSR count). The lowest BCUT2D eigenvalue weighted by molar-refractivity contribution is 0.937. The van der Waals surface area contributed by atoms with Crippen molar-refractivity contribution in [3.63, 3.8) is 0 Å². The Bertz CT molecular complexity index is 415. The SMILES string of the molecule is N#CCN(CC#N)c1ncc(Br)cc1N. The monoisotopic (exact) mass is 265 g/mol. The summed E-state index contributed by atoms with van der Waals surface area (Å²) in [5.74, 6) is 0.460. The van der Waals surface area contributed by atoms with Gasteiger partial charge in [0.05, 0.1) is 17.8 Å². The zero-order valence-electron chi connectivity index (χ0n) is 7.81. The van der Waals surface area contributed by atoms with Gasteiger partial charge >= 0.3 is 0 Å². The highest BCUT2D eigenvalue weighted by molar-refractivity contribution is 9.10. The molecule has 0 bridgehead atoms. The maximum atomic E-state index is 8.59. The van der Waals surface area contributed by atoms with Gasteiger partial charge < -0.3 is 10.6 Å². The number of nitrogens with two attached hydrogens (primary N) is 1. The van der Waals surface area contributed by atoms with Crippen LogP contribution >= 0.6 is 15.9 Å². The first-order chi connectivity index (χ1) is 7.19. The summed E-state index contributed by atoms with van der Waals surface area (Å²) in [6.45, 7) is 0.179. The average Bonchev–Trinajstić information content (AvgIpc) is 2.17. The first-order valence-corrected chi connectivity index (χ1v) is 4.88. The van der Waals surface area contributed by atoms with Crippen molar-refractivity contribution >= 4 is 27.4 Å². The lowest BCUT2D eigenvalue weighted by Crippen LogP contribution is -2.25. The number of pyridine rings is 1. The van der Waals surface area contributed by atoms with Gasteiger partial charge in [-0.2, -0.15) is 10.5 Å². The van der Waals surface area contributed by atoms with Gasteiger partial charge in [0, 0.05) is 10.7 Å². The van der Waals surface area contributed by atoms with Gasteiger partial charge in [0.1, 0.15) is 13.1 Å². The third-order valence-electron chi connectivity index (χ3n) is 1.68. The molecule has 6 heteroatoms. The Labute approximate surface area is 95.9 Å². The van der Waals surface area contributed by atoms with E-state index in [1.807, 2.05) is 12.1 Å². The first-order valence-electron chi connectivity index (χ1n) is 4.09. The molecule has 0 amide bonds. The van der Waals surface area contributed by atoms with Crippen molar-refractivity contribution in [2.75, 3.05) is 23.7 Å². The summed E-state index contributed by atoms with van der Waals surface area (Å²) in [6.07, 6.45) is 1.58. The lowest BCUT2D eigenvalue weighted by atomic mass is 10.3. The van der Waals surface area contributed by atoms with Crippen LogP contribution < -0.4 is 10.6 Å². The molecule has 2 N–H and O–H groups in total. The van der Waals surface area contributed by atoms with Crippen LogP contribution in [0.3, 0.4) is 0 Å². The van der Waals surface area contributed by atoms with E-state index in [0.717, 1.165) is 4.47 Å². The molecule has 5 nitrogen and oxygen atoms in total. The minimum Gasteiger partial charge on any atom is -0.396 e. The van der Waals surface area contributed by atoms with Gasteiger partial charge in [-0.05, 0) is 22.0 Å².